The molecule has 0 radical (unpaired) electrons. The van der Waals surface area contributed by atoms with Crippen molar-refractivity contribution in [3.05, 3.63) is 87.9 Å². The van der Waals surface area contributed by atoms with Crippen LogP contribution in [0.3, 0.4) is 0 Å². The summed E-state index contributed by atoms with van der Waals surface area (Å²) in [4.78, 5) is 28.3. The van der Waals surface area contributed by atoms with Gasteiger partial charge in [0.15, 0.2) is 0 Å². The van der Waals surface area contributed by atoms with Crippen molar-refractivity contribution in [2.75, 3.05) is 25.7 Å². The first-order valence-electron chi connectivity index (χ1n) is 11.3. The number of methoxy groups -OCH3 is 2. The fourth-order valence-electron chi connectivity index (χ4n) is 4.33. The SMILES string of the molecule is CCOc1ccc(C2/C(=C(\O)c3cc(OC)c(Cl)cc3OC)C(=O)C(=O)N2c2ccccc2C)cc1. The Labute approximate surface area is 214 Å². The van der Waals surface area contributed by atoms with E-state index in [1.54, 1.807) is 36.4 Å². The number of aliphatic hydroxyl groups is 1. The third kappa shape index (κ3) is 4.38. The number of carbonyl (C=O) groups is 2. The largest absolute Gasteiger partial charge is 0.507 e. The number of ether oxygens (including phenoxy) is 3. The quantitative estimate of drug-likeness (QED) is 0.251. The van der Waals surface area contributed by atoms with E-state index < -0.39 is 23.5 Å². The molecule has 1 N–H and O–H groups in total. The molecule has 0 spiro atoms. The summed E-state index contributed by atoms with van der Waals surface area (Å²) in [5, 5.41) is 11.8. The Morgan fingerprint density at radius 1 is 1.00 bits per heavy atom. The van der Waals surface area contributed by atoms with E-state index in [-0.39, 0.29) is 27.7 Å². The van der Waals surface area contributed by atoms with Gasteiger partial charge in [0.05, 0.1) is 43.0 Å². The van der Waals surface area contributed by atoms with E-state index in [4.69, 9.17) is 25.8 Å². The van der Waals surface area contributed by atoms with Crippen LogP contribution >= 0.6 is 11.6 Å². The Kier molecular flexibility index (Phi) is 7.22. The highest BCUT2D eigenvalue weighted by Crippen LogP contribution is 2.45. The van der Waals surface area contributed by atoms with Crippen molar-refractivity contribution in [2.45, 2.75) is 19.9 Å². The Hall–Kier alpha value is -3.97. The number of benzene rings is 3. The minimum Gasteiger partial charge on any atom is -0.507 e. The van der Waals surface area contributed by atoms with Crippen LogP contribution in [0, 0.1) is 6.92 Å². The average Bonchev–Trinajstić information content (AvgIpc) is 3.14. The zero-order chi connectivity index (χ0) is 26.0. The lowest BCUT2D eigenvalue weighted by Gasteiger charge is -2.27. The molecule has 0 bridgehead atoms. The molecule has 1 aliphatic rings. The molecule has 186 valence electrons. The molecule has 1 amide bonds. The number of hydrogen-bond donors (Lipinski definition) is 1. The molecule has 1 atom stereocenters. The molecular formula is C28H26ClNO6. The van der Waals surface area contributed by atoms with Gasteiger partial charge in [-0.15, -0.1) is 0 Å². The van der Waals surface area contributed by atoms with Crippen LogP contribution in [0.2, 0.25) is 5.02 Å². The molecule has 8 heteroatoms. The maximum atomic E-state index is 13.5. The summed E-state index contributed by atoms with van der Waals surface area (Å²) in [6.07, 6.45) is 0. The van der Waals surface area contributed by atoms with Crippen LogP contribution in [-0.2, 0) is 9.59 Å². The van der Waals surface area contributed by atoms with Crippen LogP contribution in [0.5, 0.6) is 17.2 Å². The first-order chi connectivity index (χ1) is 17.3. The zero-order valence-electron chi connectivity index (χ0n) is 20.4. The molecule has 3 aromatic rings. The molecule has 0 aliphatic carbocycles. The van der Waals surface area contributed by atoms with Gasteiger partial charge in [-0.3, -0.25) is 14.5 Å². The Balaban J connectivity index is 1.98. The van der Waals surface area contributed by atoms with Crippen molar-refractivity contribution in [3.8, 4) is 17.2 Å². The fourth-order valence-corrected chi connectivity index (χ4v) is 4.56. The van der Waals surface area contributed by atoms with Gasteiger partial charge in [0.1, 0.15) is 23.0 Å². The number of rotatable bonds is 7. The molecule has 1 heterocycles. The summed E-state index contributed by atoms with van der Waals surface area (Å²) < 4.78 is 16.3. The van der Waals surface area contributed by atoms with Crippen molar-refractivity contribution < 1.29 is 28.9 Å². The molecule has 36 heavy (non-hydrogen) atoms. The van der Waals surface area contributed by atoms with Gasteiger partial charge in [0.25, 0.3) is 11.7 Å². The number of Topliss-reactive ketones (excluding diaryl/α,β-unsaturated/α-hetero) is 1. The first kappa shape index (κ1) is 25.1. The summed E-state index contributed by atoms with van der Waals surface area (Å²) in [7, 11) is 2.86. The number of amides is 1. The average molecular weight is 508 g/mol. The summed E-state index contributed by atoms with van der Waals surface area (Å²) in [6.45, 7) is 4.24. The van der Waals surface area contributed by atoms with Crippen LogP contribution in [0.4, 0.5) is 5.69 Å². The molecule has 1 fully saturated rings. The van der Waals surface area contributed by atoms with Crippen molar-refractivity contribution in [2.24, 2.45) is 0 Å². The van der Waals surface area contributed by atoms with Crippen molar-refractivity contribution in [1.82, 2.24) is 0 Å². The predicted molar refractivity (Wildman–Crippen MR) is 138 cm³/mol. The van der Waals surface area contributed by atoms with E-state index in [1.165, 1.54) is 31.3 Å². The summed E-state index contributed by atoms with van der Waals surface area (Å²) >= 11 is 6.24. The Morgan fingerprint density at radius 2 is 1.67 bits per heavy atom. The number of nitrogens with zero attached hydrogens (tertiary/aromatic N) is 1. The smallest absolute Gasteiger partial charge is 0.300 e. The van der Waals surface area contributed by atoms with Crippen LogP contribution in [0.15, 0.2) is 66.2 Å². The van der Waals surface area contributed by atoms with Crippen LogP contribution in [0.25, 0.3) is 5.76 Å². The molecule has 0 saturated carbocycles. The first-order valence-corrected chi connectivity index (χ1v) is 11.7. The normalized spacial score (nSPS) is 16.8. The molecule has 1 unspecified atom stereocenters. The maximum Gasteiger partial charge on any atom is 0.300 e. The lowest BCUT2D eigenvalue weighted by molar-refractivity contribution is -0.132. The van der Waals surface area contributed by atoms with Crippen molar-refractivity contribution >= 4 is 34.7 Å². The van der Waals surface area contributed by atoms with Gasteiger partial charge in [-0.2, -0.15) is 0 Å². The molecule has 3 aromatic carbocycles. The van der Waals surface area contributed by atoms with E-state index in [2.05, 4.69) is 0 Å². The van der Waals surface area contributed by atoms with E-state index in [1.807, 2.05) is 26.0 Å². The zero-order valence-corrected chi connectivity index (χ0v) is 21.1. The van der Waals surface area contributed by atoms with Gasteiger partial charge in [0, 0.05) is 11.8 Å². The number of para-hydroxylation sites is 1. The number of halogens is 1. The van der Waals surface area contributed by atoms with E-state index >= 15 is 0 Å². The second kappa shape index (κ2) is 10.3. The molecule has 1 saturated heterocycles. The summed E-state index contributed by atoms with van der Waals surface area (Å²) in [5.41, 5.74) is 2.11. The maximum absolute atomic E-state index is 13.5. The third-order valence-electron chi connectivity index (χ3n) is 6.06. The van der Waals surface area contributed by atoms with Gasteiger partial charge >= 0.3 is 0 Å². The minimum absolute atomic E-state index is 0.0740. The highest BCUT2D eigenvalue weighted by atomic mass is 35.5. The minimum atomic E-state index is -0.895. The summed E-state index contributed by atoms with van der Waals surface area (Å²) in [6, 6.07) is 16.4. The van der Waals surface area contributed by atoms with Gasteiger partial charge in [0.2, 0.25) is 0 Å². The lowest BCUT2D eigenvalue weighted by atomic mass is 9.94. The van der Waals surface area contributed by atoms with Crippen molar-refractivity contribution in [3.63, 3.8) is 0 Å². The third-order valence-corrected chi connectivity index (χ3v) is 6.35. The second-order valence-electron chi connectivity index (χ2n) is 8.14. The highest BCUT2D eigenvalue weighted by Gasteiger charge is 2.47. The van der Waals surface area contributed by atoms with Gasteiger partial charge in [-0.05, 0) is 49.2 Å². The van der Waals surface area contributed by atoms with E-state index in [0.29, 0.717) is 23.6 Å². The Bertz CT molecular complexity index is 1350. The number of hydrogen-bond acceptors (Lipinski definition) is 6. The van der Waals surface area contributed by atoms with Gasteiger partial charge in [-0.1, -0.05) is 41.9 Å². The number of anilines is 1. The van der Waals surface area contributed by atoms with Crippen molar-refractivity contribution in [1.29, 1.82) is 0 Å². The fraction of sp³-hybridized carbons (Fsp3) is 0.214. The molecule has 7 nitrogen and oxygen atoms in total. The molecule has 1 aliphatic heterocycles. The Morgan fingerprint density at radius 3 is 2.28 bits per heavy atom. The van der Waals surface area contributed by atoms with Crippen LogP contribution in [0.1, 0.15) is 29.7 Å². The number of aliphatic hydroxyl groups excluding tert-OH is 1. The predicted octanol–water partition coefficient (Wildman–Crippen LogP) is 5.69. The topological polar surface area (TPSA) is 85.3 Å². The highest BCUT2D eigenvalue weighted by molar-refractivity contribution is 6.51. The monoisotopic (exact) mass is 507 g/mol. The number of aryl methyl sites for hydroxylation is 1. The van der Waals surface area contributed by atoms with Gasteiger partial charge < -0.3 is 19.3 Å². The van der Waals surface area contributed by atoms with E-state index in [9.17, 15) is 14.7 Å². The molecular weight excluding hydrogens is 482 g/mol. The standard InChI is InChI=1S/C28H26ClNO6/c1-5-36-18-12-10-17(11-13-18)25-24(26(31)19-14-23(35-4)20(29)15-22(19)34-3)27(32)28(33)30(25)21-9-7-6-8-16(21)2/h6-15,25,31H,5H2,1-4H3/b26-24+. The van der Waals surface area contributed by atoms with Crippen LogP contribution in [-0.4, -0.2) is 37.6 Å². The molecule has 0 aromatic heterocycles. The van der Waals surface area contributed by atoms with Gasteiger partial charge in [-0.25, -0.2) is 0 Å². The number of carbonyl (C=O) groups excluding carboxylic acids is 2. The molecule has 4 rings (SSSR count). The van der Waals surface area contributed by atoms with Crippen LogP contribution < -0.4 is 19.1 Å². The number of ketones is 1. The summed E-state index contributed by atoms with van der Waals surface area (Å²) in [5.74, 6) is -0.792. The lowest BCUT2D eigenvalue weighted by Crippen LogP contribution is -2.30. The second-order valence-corrected chi connectivity index (χ2v) is 8.55. The van der Waals surface area contributed by atoms with E-state index in [0.717, 1.165) is 5.56 Å².